The summed E-state index contributed by atoms with van der Waals surface area (Å²) >= 11 is 0. The third kappa shape index (κ3) is 2.42. The lowest BCUT2D eigenvalue weighted by Gasteiger charge is -2.22. The van der Waals surface area contributed by atoms with E-state index < -0.39 is 11.4 Å². The van der Waals surface area contributed by atoms with Crippen LogP contribution in [0.5, 0.6) is 0 Å². The Hall–Kier alpha value is -1.66. The molecule has 0 saturated heterocycles. The number of hydrogen-bond acceptors (Lipinski definition) is 5. The van der Waals surface area contributed by atoms with Crippen LogP contribution < -0.4 is 5.32 Å². The van der Waals surface area contributed by atoms with Crippen LogP contribution in [0.3, 0.4) is 0 Å². The summed E-state index contributed by atoms with van der Waals surface area (Å²) in [5, 5.41) is 22.7. The maximum absolute atomic E-state index is 11.0. The first-order valence-electron chi connectivity index (χ1n) is 4.69. The second-order valence-electron chi connectivity index (χ2n) is 3.70. The molecule has 2 N–H and O–H groups in total. The van der Waals surface area contributed by atoms with Crippen LogP contribution in [0.4, 0.5) is 5.95 Å². The van der Waals surface area contributed by atoms with Gasteiger partial charge in [-0.05, 0) is 23.8 Å². The fourth-order valence-electron chi connectivity index (χ4n) is 1.01. The van der Waals surface area contributed by atoms with E-state index in [0.717, 1.165) is 0 Å². The van der Waals surface area contributed by atoms with E-state index in [-0.39, 0.29) is 0 Å². The lowest BCUT2D eigenvalue weighted by molar-refractivity contribution is -0.147. The van der Waals surface area contributed by atoms with E-state index in [9.17, 15) is 4.79 Å². The van der Waals surface area contributed by atoms with Gasteiger partial charge in [0.2, 0.25) is 5.95 Å². The molecule has 0 spiro atoms. The van der Waals surface area contributed by atoms with Crippen molar-refractivity contribution in [1.29, 1.82) is 0 Å². The molecule has 1 unspecified atom stereocenters. The molecule has 0 aromatic carbocycles. The molecule has 0 radical (unpaired) electrons. The van der Waals surface area contributed by atoms with E-state index in [4.69, 9.17) is 5.11 Å². The average molecular weight is 213 g/mol. The summed E-state index contributed by atoms with van der Waals surface area (Å²) < 4.78 is 1.46. The summed E-state index contributed by atoms with van der Waals surface area (Å²) in [6, 6.07) is 0. The number of carbonyl (C=O) groups is 1. The van der Waals surface area contributed by atoms with E-state index in [0.29, 0.717) is 18.9 Å². The van der Waals surface area contributed by atoms with E-state index in [1.54, 1.807) is 14.0 Å². The maximum Gasteiger partial charge on any atom is 0.311 e. The summed E-state index contributed by atoms with van der Waals surface area (Å²) in [4.78, 5) is 11.0. The SMILES string of the molecule is CCC(C)(CNc1nnnn1C)C(=O)O. The number of rotatable bonds is 5. The highest BCUT2D eigenvalue weighted by Gasteiger charge is 2.31. The van der Waals surface area contributed by atoms with Gasteiger partial charge in [0.25, 0.3) is 0 Å². The quantitative estimate of drug-likeness (QED) is 0.721. The highest BCUT2D eigenvalue weighted by Crippen LogP contribution is 2.21. The van der Waals surface area contributed by atoms with Crippen LogP contribution in [0, 0.1) is 5.41 Å². The van der Waals surface area contributed by atoms with Gasteiger partial charge in [-0.1, -0.05) is 12.0 Å². The molecule has 1 atom stereocenters. The van der Waals surface area contributed by atoms with Gasteiger partial charge in [-0.2, -0.15) is 0 Å². The predicted octanol–water partition coefficient (Wildman–Crippen LogP) is 0.123. The highest BCUT2D eigenvalue weighted by atomic mass is 16.4. The lowest BCUT2D eigenvalue weighted by atomic mass is 9.88. The molecule has 84 valence electrons. The van der Waals surface area contributed by atoms with Gasteiger partial charge in [0, 0.05) is 13.6 Å². The van der Waals surface area contributed by atoms with Gasteiger partial charge >= 0.3 is 5.97 Å². The van der Waals surface area contributed by atoms with Crippen molar-refractivity contribution in [1.82, 2.24) is 20.2 Å². The van der Waals surface area contributed by atoms with Gasteiger partial charge in [-0.15, -0.1) is 0 Å². The van der Waals surface area contributed by atoms with Crippen LogP contribution in [-0.4, -0.2) is 37.8 Å². The zero-order valence-corrected chi connectivity index (χ0v) is 9.06. The van der Waals surface area contributed by atoms with Crippen molar-refractivity contribution in [2.24, 2.45) is 12.5 Å². The second-order valence-corrected chi connectivity index (χ2v) is 3.70. The fourth-order valence-corrected chi connectivity index (χ4v) is 1.01. The van der Waals surface area contributed by atoms with Gasteiger partial charge in [-0.3, -0.25) is 4.79 Å². The van der Waals surface area contributed by atoms with Gasteiger partial charge in [0.05, 0.1) is 5.41 Å². The van der Waals surface area contributed by atoms with Crippen LogP contribution in [0.2, 0.25) is 0 Å². The van der Waals surface area contributed by atoms with Crippen LogP contribution in [0.15, 0.2) is 0 Å². The molecule has 0 saturated carbocycles. The molecular formula is C8H15N5O2. The number of nitrogens with zero attached hydrogens (tertiary/aromatic N) is 4. The van der Waals surface area contributed by atoms with Crippen LogP contribution in [-0.2, 0) is 11.8 Å². The van der Waals surface area contributed by atoms with Crippen molar-refractivity contribution in [3.63, 3.8) is 0 Å². The lowest BCUT2D eigenvalue weighted by Crippen LogP contribution is -2.34. The van der Waals surface area contributed by atoms with E-state index in [2.05, 4.69) is 20.8 Å². The van der Waals surface area contributed by atoms with E-state index >= 15 is 0 Å². The minimum absolute atomic E-state index is 0.299. The standard InChI is InChI=1S/C8H15N5O2/c1-4-8(2,6(14)15)5-9-7-10-11-12-13(7)3/h4-5H2,1-3H3,(H,14,15)(H,9,10,12). The zero-order chi connectivity index (χ0) is 11.5. The molecule has 1 heterocycles. The van der Waals surface area contributed by atoms with E-state index in [1.807, 2.05) is 6.92 Å². The van der Waals surface area contributed by atoms with Gasteiger partial charge in [0.1, 0.15) is 0 Å². The average Bonchev–Trinajstić information content (AvgIpc) is 2.60. The first-order valence-corrected chi connectivity index (χ1v) is 4.69. The Bertz CT molecular complexity index is 351. The monoisotopic (exact) mass is 213 g/mol. The Morgan fingerprint density at radius 1 is 1.67 bits per heavy atom. The van der Waals surface area contributed by atoms with Crippen molar-refractivity contribution in [2.45, 2.75) is 20.3 Å². The fraction of sp³-hybridized carbons (Fsp3) is 0.750. The predicted molar refractivity (Wildman–Crippen MR) is 53.3 cm³/mol. The molecule has 0 amide bonds. The molecule has 1 rings (SSSR count). The first kappa shape index (κ1) is 11.4. The highest BCUT2D eigenvalue weighted by molar-refractivity contribution is 5.74. The third-order valence-corrected chi connectivity index (χ3v) is 2.55. The zero-order valence-electron chi connectivity index (χ0n) is 9.06. The number of nitrogens with one attached hydrogen (secondary N) is 1. The Kier molecular flexibility index (Phi) is 3.23. The van der Waals surface area contributed by atoms with Crippen LogP contribution >= 0.6 is 0 Å². The normalized spacial score (nSPS) is 14.6. The number of tetrazole rings is 1. The number of aryl methyl sites for hydroxylation is 1. The van der Waals surface area contributed by atoms with Crippen molar-refractivity contribution in [2.75, 3.05) is 11.9 Å². The number of anilines is 1. The number of carboxylic acids is 1. The minimum Gasteiger partial charge on any atom is -0.481 e. The maximum atomic E-state index is 11.0. The molecule has 1 aromatic rings. The van der Waals surface area contributed by atoms with Gasteiger partial charge < -0.3 is 10.4 Å². The number of aliphatic carboxylic acids is 1. The molecule has 0 aliphatic heterocycles. The second kappa shape index (κ2) is 4.24. The summed E-state index contributed by atoms with van der Waals surface area (Å²) in [6.07, 6.45) is 0.542. The topological polar surface area (TPSA) is 92.9 Å². The van der Waals surface area contributed by atoms with Crippen molar-refractivity contribution < 1.29 is 9.90 Å². The van der Waals surface area contributed by atoms with Gasteiger partial charge in [-0.25, -0.2) is 4.68 Å². The van der Waals surface area contributed by atoms with Crippen molar-refractivity contribution >= 4 is 11.9 Å². The molecule has 1 aromatic heterocycles. The van der Waals surface area contributed by atoms with Crippen molar-refractivity contribution in [3.8, 4) is 0 Å². The van der Waals surface area contributed by atoms with Crippen LogP contribution in [0.25, 0.3) is 0 Å². The largest absolute Gasteiger partial charge is 0.481 e. The molecule has 7 nitrogen and oxygen atoms in total. The molecule has 15 heavy (non-hydrogen) atoms. The molecule has 7 heteroatoms. The summed E-state index contributed by atoms with van der Waals surface area (Å²) in [7, 11) is 1.69. The number of carboxylic acid groups (broad SMARTS) is 1. The summed E-state index contributed by atoms with van der Waals surface area (Å²) in [6.45, 7) is 3.82. The molecular weight excluding hydrogens is 198 g/mol. The summed E-state index contributed by atoms with van der Waals surface area (Å²) in [5.74, 6) is -0.358. The number of aromatic nitrogens is 4. The molecule has 0 aliphatic rings. The Labute approximate surface area is 87.5 Å². The minimum atomic E-state index is -0.826. The molecule has 0 bridgehead atoms. The summed E-state index contributed by atoms with van der Waals surface area (Å²) in [5.41, 5.74) is -0.800. The molecule has 0 aliphatic carbocycles. The van der Waals surface area contributed by atoms with Crippen LogP contribution in [0.1, 0.15) is 20.3 Å². The first-order chi connectivity index (χ1) is 6.99. The van der Waals surface area contributed by atoms with E-state index in [1.165, 1.54) is 4.68 Å². The van der Waals surface area contributed by atoms with Crippen molar-refractivity contribution in [3.05, 3.63) is 0 Å². The third-order valence-electron chi connectivity index (χ3n) is 2.55. The molecule has 0 fully saturated rings. The number of hydrogen-bond donors (Lipinski definition) is 2. The Morgan fingerprint density at radius 2 is 2.33 bits per heavy atom. The smallest absolute Gasteiger partial charge is 0.311 e. The van der Waals surface area contributed by atoms with Gasteiger partial charge in [0.15, 0.2) is 0 Å². The Balaban J connectivity index is 2.63. The Morgan fingerprint density at radius 3 is 2.73 bits per heavy atom.